The van der Waals surface area contributed by atoms with E-state index in [4.69, 9.17) is 5.26 Å². The van der Waals surface area contributed by atoms with E-state index in [9.17, 15) is 9.59 Å². The second kappa shape index (κ2) is 8.35. The number of hydrogen-bond acceptors (Lipinski definition) is 6. The van der Waals surface area contributed by atoms with Crippen LogP contribution >= 0.6 is 11.3 Å². The Morgan fingerprint density at radius 3 is 2.64 bits per heavy atom. The number of thiazole rings is 1. The molecular weight excluding hydrogens is 338 g/mol. The van der Waals surface area contributed by atoms with Gasteiger partial charge in [0.25, 0.3) is 11.8 Å². The van der Waals surface area contributed by atoms with Crippen molar-refractivity contribution in [2.75, 3.05) is 7.05 Å². The molecule has 0 aliphatic rings. The standard InChI is InChI=1S/C17H19N5O2S/c1-11(2)8-13(17(24)22(3)10-18)21-15(23)14-9-20-16(25-14)12-4-6-19-7-5-12/h4-7,9,11,13H,8H2,1-3H3,(H,21,23). The summed E-state index contributed by atoms with van der Waals surface area (Å²) in [5.41, 5.74) is 0.873. The molecule has 2 heterocycles. The van der Waals surface area contributed by atoms with Crippen LogP contribution in [0.4, 0.5) is 0 Å². The average Bonchev–Trinajstić information content (AvgIpc) is 3.10. The Bertz CT molecular complexity index is 782. The van der Waals surface area contributed by atoms with Gasteiger partial charge in [-0.2, -0.15) is 5.26 Å². The molecule has 7 nitrogen and oxygen atoms in total. The quantitative estimate of drug-likeness (QED) is 0.632. The predicted octanol–water partition coefficient (Wildman–Crippen LogP) is 2.29. The number of rotatable bonds is 6. The summed E-state index contributed by atoms with van der Waals surface area (Å²) in [6.45, 7) is 3.90. The molecule has 0 spiro atoms. The summed E-state index contributed by atoms with van der Waals surface area (Å²) in [6.07, 6.45) is 7.03. The van der Waals surface area contributed by atoms with Gasteiger partial charge in [-0.3, -0.25) is 19.5 Å². The van der Waals surface area contributed by atoms with Crippen LogP contribution in [0.25, 0.3) is 10.6 Å². The van der Waals surface area contributed by atoms with Gasteiger partial charge in [0, 0.05) is 25.0 Å². The van der Waals surface area contributed by atoms with Crippen LogP contribution < -0.4 is 5.32 Å². The van der Waals surface area contributed by atoms with Crippen molar-refractivity contribution in [2.24, 2.45) is 5.92 Å². The van der Waals surface area contributed by atoms with Crippen molar-refractivity contribution in [3.63, 3.8) is 0 Å². The lowest BCUT2D eigenvalue weighted by molar-refractivity contribution is -0.129. The third kappa shape index (κ3) is 4.84. The Kier molecular flexibility index (Phi) is 6.19. The Labute approximate surface area is 150 Å². The Morgan fingerprint density at radius 1 is 1.36 bits per heavy atom. The number of aromatic nitrogens is 2. The molecule has 8 heteroatoms. The first-order valence-corrected chi connectivity index (χ1v) is 8.58. The summed E-state index contributed by atoms with van der Waals surface area (Å²) in [5.74, 6) is -0.609. The van der Waals surface area contributed by atoms with Gasteiger partial charge in [-0.1, -0.05) is 13.8 Å². The van der Waals surface area contributed by atoms with Crippen molar-refractivity contribution in [3.05, 3.63) is 35.6 Å². The Hall–Kier alpha value is -2.79. The first kappa shape index (κ1) is 18.5. The first-order valence-electron chi connectivity index (χ1n) is 7.76. The van der Waals surface area contributed by atoms with Crippen LogP contribution in [-0.4, -0.2) is 39.8 Å². The zero-order valence-electron chi connectivity index (χ0n) is 14.3. The third-order valence-corrected chi connectivity index (χ3v) is 4.49. The lowest BCUT2D eigenvalue weighted by Gasteiger charge is -2.21. The minimum absolute atomic E-state index is 0.190. The molecule has 0 fully saturated rings. The maximum atomic E-state index is 12.5. The number of likely N-dealkylation sites (N-methyl/N-ethyl adjacent to an activating group) is 1. The van der Waals surface area contributed by atoms with Crippen molar-refractivity contribution in [2.45, 2.75) is 26.3 Å². The van der Waals surface area contributed by atoms with E-state index in [-0.39, 0.29) is 11.8 Å². The molecular formula is C17H19N5O2S. The van der Waals surface area contributed by atoms with Gasteiger partial charge in [-0.15, -0.1) is 11.3 Å². The van der Waals surface area contributed by atoms with E-state index in [0.29, 0.717) is 16.3 Å². The lowest BCUT2D eigenvalue weighted by atomic mass is 10.0. The number of nitriles is 1. The van der Waals surface area contributed by atoms with Gasteiger partial charge in [0.15, 0.2) is 6.19 Å². The van der Waals surface area contributed by atoms with E-state index in [0.717, 1.165) is 10.5 Å². The van der Waals surface area contributed by atoms with Crippen LogP contribution in [0.2, 0.25) is 0 Å². The van der Waals surface area contributed by atoms with Gasteiger partial charge in [-0.25, -0.2) is 4.98 Å². The molecule has 0 aromatic carbocycles. The van der Waals surface area contributed by atoms with Crippen LogP contribution in [-0.2, 0) is 4.79 Å². The van der Waals surface area contributed by atoms with Crippen molar-refractivity contribution in [1.29, 1.82) is 5.26 Å². The van der Waals surface area contributed by atoms with Crippen molar-refractivity contribution in [1.82, 2.24) is 20.2 Å². The molecule has 2 rings (SSSR count). The summed E-state index contributed by atoms with van der Waals surface area (Å²) in [5, 5.41) is 12.3. The first-order chi connectivity index (χ1) is 11.9. The molecule has 0 aliphatic heterocycles. The van der Waals surface area contributed by atoms with Crippen molar-refractivity contribution < 1.29 is 9.59 Å². The molecule has 2 aromatic heterocycles. The minimum atomic E-state index is -0.747. The second-order valence-corrected chi connectivity index (χ2v) is 6.95. The van der Waals surface area contributed by atoms with Gasteiger partial charge in [0.05, 0.1) is 6.20 Å². The van der Waals surface area contributed by atoms with Gasteiger partial charge < -0.3 is 5.32 Å². The maximum Gasteiger partial charge on any atom is 0.263 e. The molecule has 1 atom stereocenters. The van der Waals surface area contributed by atoms with Crippen LogP contribution in [0.5, 0.6) is 0 Å². The van der Waals surface area contributed by atoms with Gasteiger partial charge in [0.1, 0.15) is 15.9 Å². The van der Waals surface area contributed by atoms with E-state index in [1.54, 1.807) is 18.6 Å². The molecule has 1 N–H and O–H groups in total. The highest BCUT2D eigenvalue weighted by Gasteiger charge is 2.26. The van der Waals surface area contributed by atoms with Crippen LogP contribution in [0.15, 0.2) is 30.7 Å². The molecule has 25 heavy (non-hydrogen) atoms. The van der Waals surface area contributed by atoms with Gasteiger partial charge >= 0.3 is 0 Å². The van der Waals surface area contributed by atoms with E-state index < -0.39 is 11.9 Å². The molecule has 0 aliphatic carbocycles. The molecule has 0 saturated carbocycles. The highest BCUT2D eigenvalue weighted by atomic mass is 32.1. The number of hydrogen-bond donors (Lipinski definition) is 1. The van der Waals surface area contributed by atoms with Crippen LogP contribution in [0.3, 0.4) is 0 Å². The van der Waals surface area contributed by atoms with Crippen LogP contribution in [0, 0.1) is 17.4 Å². The fraction of sp³-hybridized carbons (Fsp3) is 0.353. The number of carbonyl (C=O) groups excluding carboxylic acids is 2. The Balaban J connectivity index is 2.14. The average molecular weight is 357 g/mol. The number of amides is 2. The number of nitrogens with zero attached hydrogens (tertiary/aromatic N) is 4. The lowest BCUT2D eigenvalue weighted by Crippen LogP contribution is -2.46. The zero-order chi connectivity index (χ0) is 18.4. The number of nitrogens with one attached hydrogen (secondary N) is 1. The van der Waals surface area contributed by atoms with Crippen molar-refractivity contribution >= 4 is 23.2 Å². The topological polar surface area (TPSA) is 99.0 Å². The number of pyridine rings is 1. The van der Waals surface area contributed by atoms with Crippen LogP contribution in [0.1, 0.15) is 29.9 Å². The maximum absolute atomic E-state index is 12.5. The van der Waals surface area contributed by atoms with Crippen molar-refractivity contribution in [3.8, 4) is 16.8 Å². The highest BCUT2D eigenvalue weighted by Crippen LogP contribution is 2.24. The summed E-state index contributed by atoms with van der Waals surface area (Å²) >= 11 is 1.24. The predicted molar refractivity (Wildman–Crippen MR) is 94.4 cm³/mol. The summed E-state index contributed by atoms with van der Waals surface area (Å²) < 4.78 is 0. The molecule has 130 valence electrons. The Morgan fingerprint density at radius 2 is 2.04 bits per heavy atom. The molecule has 0 radical (unpaired) electrons. The molecule has 0 bridgehead atoms. The fourth-order valence-electron chi connectivity index (χ4n) is 2.21. The molecule has 2 aromatic rings. The monoisotopic (exact) mass is 357 g/mol. The largest absolute Gasteiger partial charge is 0.339 e. The SMILES string of the molecule is CC(C)CC(NC(=O)c1cnc(-c2ccncc2)s1)C(=O)N(C)C#N. The number of carbonyl (C=O) groups is 2. The van der Waals surface area contributed by atoms with E-state index >= 15 is 0 Å². The summed E-state index contributed by atoms with van der Waals surface area (Å²) in [4.78, 5) is 34.3. The van der Waals surface area contributed by atoms with E-state index in [1.165, 1.54) is 24.6 Å². The van der Waals surface area contributed by atoms with E-state index in [1.807, 2.05) is 26.0 Å². The van der Waals surface area contributed by atoms with E-state index in [2.05, 4.69) is 15.3 Å². The van der Waals surface area contributed by atoms with Gasteiger partial charge in [-0.05, 0) is 24.5 Å². The third-order valence-electron chi connectivity index (χ3n) is 3.45. The van der Waals surface area contributed by atoms with Gasteiger partial charge in [0.2, 0.25) is 0 Å². The smallest absolute Gasteiger partial charge is 0.263 e. The molecule has 1 unspecified atom stereocenters. The molecule has 2 amide bonds. The fourth-order valence-corrected chi connectivity index (χ4v) is 3.04. The second-order valence-electron chi connectivity index (χ2n) is 5.92. The zero-order valence-corrected chi connectivity index (χ0v) is 15.1. The molecule has 0 saturated heterocycles. The summed E-state index contributed by atoms with van der Waals surface area (Å²) in [6, 6.07) is 2.88. The highest BCUT2D eigenvalue weighted by molar-refractivity contribution is 7.16. The minimum Gasteiger partial charge on any atom is -0.339 e. The summed E-state index contributed by atoms with van der Waals surface area (Å²) in [7, 11) is 1.38. The normalized spacial score (nSPS) is 11.6.